The first-order valence-electron chi connectivity index (χ1n) is 6.97. The van der Waals surface area contributed by atoms with E-state index < -0.39 is 10.0 Å². The normalized spacial score (nSPS) is 17.8. The number of quaternary nitrogens is 1. The van der Waals surface area contributed by atoms with Crippen LogP contribution in [-0.2, 0) is 16.6 Å². The van der Waals surface area contributed by atoms with Gasteiger partial charge in [0.25, 0.3) is 5.69 Å². The van der Waals surface area contributed by atoms with Gasteiger partial charge in [0.1, 0.15) is 6.54 Å². The van der Waals surface area contributed by atoms with Crippen molar-refractivity contribution in [2.45, 2.75) is 13.5 Å². The van der Waals surface area contributed by atoms with E-state index in [-0.39, 0.29) is 16.4 Å². The monoisotopic (exact) mass is 314 g/mol. The standard InChI is InChI=1S/C13H19N3O4S/c1-2-21(19,20)15-9-7-14(8-10-15)11-12-5-3-4-6-13(12)16(17)18/h3-6H,2,7-11H2,1H3/p+1. The molecule has 21 heavy (non-hydrogen) atoms. The number of benzene rings is 1. The predicted octanol–water partition coefficient (Wildman–Crippen LogP) is -0.355. The number of sulfonamides is 1. The number of nitro groups is 1. The molecule has 0 bridgehead atoms. The van der Waals surface area contributed by atoms with E-state index >= 15 is 0 Å². The molecule has 0 unspecified atom stereocenters. The molecule has 8 heteroatoms. The number of para-hydroxylation sites is 1. The molecule has 116 valence electrons. The van der Waals surface area contributed by atoms with Crippen molar-refractivity contribution in [3.8, 4) is 0 Å². The molecule has 1 aromatic rings. The fourth-order valence-corrected chi connectivity index (χ4v) is 3.65. The van der Waals surface area contributed by atoms with Crippen molar-refractivity contribution in [3.05, 3.63) is 39.9 Å². The largest absolute Gasteiger partial charge is 0.329 e. The fraction of sp³-hybridized carbons (Fsp3) is 0.538. The van der Waals surface area contributed by atoms with E-state index in [0.29, 0.717) is 38.3 Å². The highest BCUT2D eigenvalue weighted by Crippen LogP contribution is 2.16. The summed E-state index contributed by atoms with van der Waals surface area (Å²) in [6, 6.07) is 6.72. The van der Waals surface area contributed by atoms with E-state index in [0.717, 1.165) is 0 Å². The van der Waals surface area contributed by atoms with Crippen LogP contribution in [0.4, 0.5) is 5.69 Å². The van der Waals surface area contributed by atoms with Crippen molar-refractivity contribution >= 4 is 15.7 Å². The summed E-state index contributed by atoms with van der Waals surface area (Å²) in [4.78, 5) is 11.8. The zero-order valence-corrected chi connectivity index (χ0v) is 12.8. The van der Waals surface area contributed by atoms with Gasteiger partial charge in [-0.2, -0.15) is 4.31 Å². The molecule has 0 radical (unpaired) electrons. The maximum atomic E-state index is 11.8. The summed E-state index contributed by atoms with van der Waals surface area (Å²) in [6.45, 7) is 4.49. The summed E-state index contributed by atoms with van der Waals surface area (Å²) in [6.07, 6.45) is 0. The molecule has 1 aliphatic heterocycles. The summed E-state index contributed by atoms with van der Waals surface area (Å²) < 4.78 is 25.1. The van der Waals surface area contributed by atoms with E-state index in [1.165, 1.54) is 15.3 Å². The van der Waals surface area contributed by atoms with Gasteiger partial charge in [-0.3, -0.25) is 10.1 Å². The number of piperazine rings is 1. The highest BCUT2D eigenvalue weighted by molar-refractivity contribution is 7.89. The Hall–Kier alpha value is -1.51. The molecule has 2 rings (SSSR count). The van der Waals surface area contributed by atoms with Crippen molar-refractivity contribution in [2.75, 3.05) is 31.9 Å². The highest BCUT2D eigenvalue weighted by atomic mass is 32.2. The number of nitrogens with zero attached hydrogens (tertiary/aromatic N) is 2. The highest BCUT2D eigenvalue weighted by Gasteiger charge is 2.28. The van der Waals surface area contributed by atoms with Gasteiger partial charge in [0.2, 0.25) is 10.0 Å². The summed E-state index contributed by atoms with van der Waals surface area (Å²) in [7, 11) is -3.13. The van der Waals surface area contributed by atoms with Gasteiger partial charge in [0.15, 0.2) is 0 Å². The fourth-order valence-electron chi connectivity index (χ4n) is 2.55. The first kappa shape index (κ1) is 15.9. The molecule has 0 atom stereocenters. The molecule has 1 aromatic carbocycles. The first-order chi connectivity index (χ1) is 9.94. The minimum Gasteiger partial charge on any atom is -0.329 e. The Balaban J connectivity index is 2.00. The Morgan fingerprint density at radius 3 is 2.48 bits per heavy atom. The van der Waals surface area contributed by atoms with Gasteiger partial charge in [-0.05, 0) is 13.0 Å². The van der Waals surface area contributed by atoms with Crippen LogP contribution in [0.25, 0.3) is 0 Å². The maximum absolute atomic E-state index is 11.8. The zero-order chi connectivity index (χ0) is 15.5. The molecule has 1 aliphatic rings. The quantitative estimate of drug-likeness (QED) is 0.594. The second-order valence-electron chi connectivity index (χ2n) is 5.11. The maximum Gasteiger partial charge on any atom is 0.278 e. The van der Waals surface area contributed by atoms with Crippen LogP contribution >= 0.6 is 0 Å². The molecule has 1 fully saturated rings. The summed E-state index contributed by atoms with van der Waals surface area (Å²) >= 11 is 0. The Bertz CT molecular complexity index is 610. The van der Waals surface area contributed by atoms with Crippen molar-refractivity contribution < 1.29 is 18.2 Å². The van der Waals surface area contributed by atoms with Gasteiger partial charge in [-0.15, -0.1) is 0 Å². The summed E-state index contributed by atoms with van der Waals surface area (Å²) in [5.74, 6) is 0.118. The predicted molar refractivity (Wildman–Crippen MR) is 78.5 cm³/mol. The summed E-state index contributed by atoms with van der Waals surface area (Å²) in [5, 5.41) is 11.0. The third-order valence-electron chi connectivity index (χ3n) is 3.82. The molecule has 7 nitrogen and oxygen atoms in total. The lowest BCUT2D eigenvalue weighted by Crippen LogP contribution is -3.13. The molecule has 0 saturated carbocycles. The van der Waals surface area contributed by atoms with E-state index in [4.69, 9.17) is 0 Å². The van der Waals surface area contributed by atoms with E-state index in [1.807, 2.05) is 0 Å². The smallest absolute Gasteiger partial charge is 0.278 e. The second-order valence-corrected chi connectivity index (χ2v) is 7.37. The molecule has 0 aliphatic carbocycles. The van der Waals surface area contributed by atoms with Gasteiger partial charge in [0.05, 0.1) is 42.4 Å². The Kier molecular flexibility index (Phi) is 4.92. The molecule has 1 saturated heterocycles. The van der Waals surface area contributed by atoms with E-state index in [1.54, 1.807) is 25.1 Å². The van der Waals surface area contributed by atoms with Crippen LogP contribution in [0.1, 0.15) is 12.5 Å². The third-order valence-corrected chi connectivity index (χ3v) is 5.70. The van der Waals surface area contributed by atoms with Crippen LogP contribution in [-0.4, -0.2) is 49.6 Å². The minimum absolute atomic E-state index is 0.118. The lowest BCUT2D eigenvalue weighted by Gasteiger charge is -2.31. The lowest BCUT2D eigenvalue weighted by molar-refractivity contribution is -0.917. The number of nitro benzene ring substituents is 1. The Morgan fingerprint density at radius 1 is 1.29 bits per heavy atom. The Morgan fingerprint density at radius 2 is 1.90 bits per heavy atom. The number of rotatable bonds is 5. The second kappa shape index (κ2) is 6.50. The summed E-state index contributed by atoms with van der Waals surface area (Å²) in [5.41, 5.74) is 0.831. The molecule has 0 spiro atoms. The molecule has 1 heterocycles. The average Bonchev–Trinajstić information content (AvgIpc) is 2.48. The zero-order valence-electron chi connectivity index (χ0n) is 12.0. The molecule has 0 aromatic heterocycles. The lowest BCUT2D eigenvalue weighted by atomic mass is 10.1. The Labute approximate surface area is 124 Å². The molecule has 1 N–H and O–H groups in total. The van der Waals surface area contributed by atoms with Gasteiger partial charge >= 0.3 is 0 Å². The van der Waals surface area contributed by atoms with Crippen LogP contribution in [0.3, 0.4) is 0 Å². The van der Waals surface area contributed by atoms with Crippen LogP contribution < -0.4 is 4.90 Å². The average molecular weight is 314 g/mol. The van der Waals surface area contributed by atoms with Gasteiger partial charge in [-0.1, -0.05) is 12.1 Å². The van der Waals surface area contributed by atoms with Crippen molar-refractivity contribution in [1.29, 1.82) is 0 Å². The molecule has 0 amide bonds. The van der Waals surface area contributed by atoms with E-state index in [2.05, 4.69) is 0 Å². The first-order valence-corrected chi connectivity index (χ1v) is 8.58. The van der Waals surface area contributed by atoms with Gasteiger partial charge < -0.3 is 4.90 Å². The van der Waals surface area contributed by atoms with Crippen LogP contribution in [0.5, 0.6) is 0 Å². The SMILES string of the molecule is CCS(=O)(=O)N1CC[NH+](Cc2ccccc2[N+](=O)[O-])CC1. The van der Waals surface area contributed by atoms with Crippen molar-refractivity contribution in [1.82, 2.24) is 4.31 Å². The van der Waals surface area contributed by atoms with Gasteiger partial charge in [0, 0.05) is 6.07 Å². The molecular formula is C13H20N3O4S+. The number of nitrogens with one attached hydrogen (secondary N) is 1. The van der Waals surface area contributed by atoms with E-state index in [9.17, 15) is 18.5 Å². The van der Waals surface area contributed by atoms with Crippen LogP contribution in [0, 0.1) is 10.1 Å². The number of hydrogen-bond acceptors (Lipinski definition) is 4. The van der Waals surface area contributed by atoms with Gasteiger partial charge in [-0.25, -0.2) is 8.42 Å². The third kappa shape index (κ3) is 3.78. The van der Waals surface area contributed by atoms with Crippen molar-refractivity contribution in [3.63, 3.8) is 0 Å². The molecular weight excluding hydrogens is 294 g/mol. The topological polar surface area (TPSA) is 85.0 Å². The minimum atomic E-state index is -3.13. The van der Waals surface area contributed by atoms with Crippen molar-refractivity contribution in [2.24, 2.45) is 0 Å². The van der Waals surface area contributed by atoms with Crippen LogP contribution in [0.2, 0.25) is 0 Å². The van der Waals surface area contributed by atoms with Crippen LogP contribution in [0.15, 0.2) is 24.3 Å². The number of hydrogen-bond donors (Lipinski definition) is 1.